The predicted molar refractivity (Wildman–Crippen MR) is 67.5 cm³/mol. The van der Waals surface area contributed by atoms with Crippen molar-refractivity contribution in [1.82, 2.24) is 19.8 Å². The molecule has 18 heavy (non-hydrogen) atoms. The number of hydrogen-bond donors (Lipinski definition) is 1. The Morgan fingerprint density at radius 2 is 2.22 bits per heavy atom. The average Bonchev–Trinajstić information content (AvgIpc) is 2.86. The number of hydrogen-bond acceptors (Lipinski definition) is 5. The molecule has 100 valence electrons. The summed E-state index contributed by atoms with van der Waals surface area (Å²) in [6, 6.07) is 0. The van der Waals surface area contributed by atoms with Crippen LogP contribution >= 0.6 is 0 Å². The number of carbonyl (C=O) groups excluding carboxylic acids is 1. The van der Waals surface area contributed by atoms with Crippen LogP contribution in [0, 0.1) is 0 Å². The number of imidazole rings is 1. The molecule has 0 amide bonds. The fourth-order valence-electron chi connectivity index (χ4n) is 2.06. The second kappa shape index (κ2) is 6.51. The zero-order chi connectivity index (χ0) is 12.8. The van der Waals surface area contributed by atoms with Crippen LogP contribution in [0.5, 0.6) is 0 Å². The highest BCUT2D eigenvalue weighted by atomic mass is 16.5. The molecule has 1 saturated heterocycles. The number of aromatic nitrogens is 2. The molecular weight excluding hydrogens is 232 g/mol. The van der Waals surface area contributed by atoms with Crippen LogP contribution in [0.2, 0.25) is 0 Å². The molecule has 0 radical (unpaired) electrons. The van der Waals surface area contributed by atoms with Gasteiger partial charge in [-0.1, -0.05) is 0 Å². The van der Waals surface area contributed by atoms with Crippen molar-refractivity contribution in [3.8, 4) is 0 Å². The molecule has 1 aliphatic rings. The lowest BCUT2D eigenvalue weighted by atomic mass is 10.3. The van der Waals surface area contributed by atoms with Crippen LogP contribution in [-0.2, 0) is 11.3 Å². The molecule has 0 aliphatic carbocycles. The Balaban J connectivity index is 1.88. The Kier molecular flexibility index (Phi) is 4.72. The molecule has 6 nitrogen and oxygen atoms in total. The lowest BCUT2D eigenvalue weighted by molar-refractivity contribution is 0.0512. The quantitative estimate of drug-likeness (QED) is 0.745. The normalized spacial score (nSPS) is 16.7. The Morgan fingerprint density at radius 3 is 2.94 bits per heavy atom. The molecule has 0 atom stereocenters. The van der Waals surface area contributed by atoms with E-state index in [-0.39, 0.29) is 5.97 Å². The van der Waals surface area contributed by atoms with Gasteiger partial charge < -0.3 is 14.6 Å². The molecule has 1 aliphatic heterocycles. The van der Waals surface area contributed by atoms with E-state index in [1.54, 1.807) is 19.4 Å². The highest BCUT2D eigenvalue weighted by Crippen LogP contribution is 2.03. The van der Waals surface area contributed by atoms with Crippen molar-refractivity contribution >= 4 is 5.97 Å². The first-order valence-corrected chi connectivity index (χ1v) is 6.41. The summed E-state index contributed by atoms with van der Waals surface area (Å²) in [6.07, 6.45) is 3.25. The van der Waals surface area contributed by atoms with Gasteiger partial charge in [-0.25, -0.2) is 9.78 Å². The number of ether oxygens (including phenoxy) is 1. The maximum absolute atomic E-state index is 11.7. The van der Waals surface area contributed by atoms with Gasteiger partial charge in [-0.2, -0.15) is 0 Å². The Bertz CT molecular complexity index is 385. The Labute approximate surface area is 107 Å². The molecule has 0 saturated carbocycles. The van der Waals surface area contributed by atoms with Gasteiger partial charge in [0.05, 0.1) is 19.1 Å². The molecule has 0 unspecified atom stereocenters. The van der Waals surface area contributed by atoms with Gasteiger partial charge in [0.1, 0.15) is 5.69 Å². The van der Waals surface area contributed by atoms with Crippen LogP contribution in [0.3, 0.4) is 0 Å². The topological polar surface area (TPSA) is 59.4 Å². The minimum Gasteiger partial charge on any atom is -0.461 e. The number of nitrogens with one attached hydrogen (secondary N) is 1. The van der Waals surface area contributed by atoms with Gasteiger partial charge in [0, 0.05) is 39.3 Å². The number of nitrogens with zero attached hydrogens (tertiary/aromatic N) is 3. The summed E-state index contributed by atoms with van der Waals surface area (Å²) < 4.78 is 6.86. The fourth-order valence-corrected chi connectivity index (χ4v) is 2.06. The first kappa shape index (κ1) is 13.0. The summed E-state index contributed by atoms with van der Waals surface area (Å²) in [5.41, 5.74) is 0.534. The van der Waals surface area contributed by atoms with Gasteiger partial charge in [-0.3, -0.25) is 4.90 Å². The molecule has 0 spiro atoms. The zero-order valence-corrected chi connectivity index (χ0v) is 10.8. The van der Waals surface area contributed by atoms with Gasteiger partial charge in [0.25, 0.3) is 0 Å². The summed E-state index contributed by atoms with van der Waals surface area (Å²) in [6.45, 7) is 8.09. The highest BCUT2D eigenvalue weighted by Gasteiger charge is 2.14. The van der Waals surface area contributed by atoms with E-state index in [2.05, 4.69) is 15.2 Å². The van der Waals surface area contributed by atoms with E-state index in [1.807, 2.05) is 4.57 Å². The van der Waals surface area contributed by atoms with Crippen LogP contribution in [0.15, 0.2) is 12.5 Å². The van der Waals surface area contributed by atoms with Crippen LogP contribution in [-0.4, -0.2) is 59.8 Å². The zero-order valence-electron chi connectivity index (χ0n) is 10.8. The van der Waals surface area contributed by atoms with E-state index in [0.717, 1.165) is 39.3 Å². The third kappa shape index (κ3) is 3.30. The number of rotatable bonds is 5. The van der Waals surface area contributed by atoms with Crippen molar-refractivity contribution in [1.29, 1.82) is 0 Å². The SMILES string of the molecule is CCOC(=O)c1cncn1CCN1CCNCC1. The van der Waals surface area contributed by atoms with E-state index in [4.69, 9.17) is 4.74 Å². The van der Waals surface area contributed by atoms with Gasteiger partial charge in [-0.05, 0) is 6.92 Å². The highest BCUT2D eigenvalue weighted by molar-refractivity contribution is 5.87. The first-order chi connectivity index (χ1) is 8.81. The molecule has 1 N–H and O–H groups in total. The van der Waals surface area contributed by atoms with Crippen molar-refractivity contribution in [2.24, 2.45) is 0 Å². The van der Waals surface area contributed by atoms with Gasteiger partial charge in [0.2, 0.25) is 0 Å². The minimum atomic E-state index is -0.296. The number of carbonyl (C=O) groups is 1. The van der Waals surface area contributed by atoms with Gasteiger partial charge >= 0.3 is 5.97 Å². The first-order valence-electron chi connectivity index (χ1n) is 6.41. The largest absolute Gasteiger partial charge is 0.461 e. The second-order valence-electron chi connectivity index (χ2n) is 4.28. The molecule has 0 bridgehead atoms. The van der Waals surface area contributed by atoms with E-state index in [1.165, 1.54) is 0 Å². The van der Waals surface area contributed by atoms with Crippen molar-refractivity contribution in [3.63, 3.8) is 0 Å². The van der Waals surface area contributed by atoms with Crippen LogP contribution in [0.1, 0.15) is 17.4 Å². The number of piperazine rings is 1. The van der Waals surface area contributed by atoms with Crippen LogP contribution in [0.25, 0.3) is 0 Å². The van der Waals surface area contributed by atoms with Crippen molar-refractivity contribution in [2.75, 3.05) is 39.3 Å². The van der Waals surface area contributed by atoms with E-state index in [0.29, 0.717) is 12.3 Å². The molecular formula is C12H20N4O2. The average molecular weight is 252 g/mol. The molecule has 1 fully saturated rings. The smallest absolute Gasteiger partial charge is 0.356 e. The molecule has 6 heteroatoms. The molecule has 2 heterocycles. The van der Waals surface area contributed by atoms with Crippen LogP contribution < -0.4 is 5.32 Å². The van der Waals surface area contributed by atoms with Crippen molar-refractivity contribution in [3.05, 3.63) is 18.2 Å². The maximum atomic E-state index is 11.7. The van der Waals surface area contributed by atoms with E-state index < -0.39 is 0 Å². The van der Waals surface area contributed by atoms with Gasteiger partial charge in [0.15, 0.2) is 0 Å². The third-order valence-corrected chi connectivity index (χ3v) is 3.06. The molecule has 0 aromatic carbocycles. The van der Waals surface area contributed by atoms with Crippen LogP contribution in [0.4, 0.5) is 0 Å². The maximum Gasteiger partial charge on any atom is 0.356 e. The molecule has 1 aromatic heterocycles. The summed E-state index contributed by atoms with van der Waals surface area (Å²) in [5, 5.41) is 3.32. The summed E-state index contributed by atoms with van der Waals surface area (Å²) in [7, 11) is 0. The van der Waals surface area contributed by atoms with E-state index in [9.17, 15) is 4.79 Å². The van der Waals surface area contributed by atoms with E-state index >= 15 is 0 Å². The Morgan fingerprint density at radius 1 is 1.44 bits per heavy atom. The monoisotopic (exact) mass is 252 g/mol. The van der Waals surface area contributed by atoms with Crippen molar-refractivity contribution in [2.45, 2.75) is 13.5 Å². The summed E-state index contributed by atoms with van der Waals surface area (Å²) >= 11 is 0. The van der Waals surface area contributed by atoms with Gasteiger partial charge in [-0.15, -0.1) is 0 Å². The Hall–Kier alpha value is -1.40. The van der Waals surface area contributed by atoms with Crippen molar-refractivity contribution < 1.29 is 9.53 Å². The summed E-state index contributed by atoms with van der Waals surface area (Å²) in [4.78, 5) is 18.1. The predicted octanol–water partition coefficient (Wildman–Crippen LogP) is -0.0350. The molecule has 1 aromatic rings. The standard InChI is InChI=1S/C12H20N4O2/c1-2-18-12(17)11-9-14-10-16(11)8-7-15-5-3-13-4-6-15/h9-10,13H,2-8H2,1H3. The fraction of sp³-hybridized carbons (Fsp3) is 0.667. The summed E-state index contributed by atoms with van der Waals surface area (Å²) in [5.74, 6) is -0.296. The number of esters is 1. The third-order valence-electron chi connectivity index (χ3n) is 3.06. The lowest BCUT2D eigenvalue weighted by Crippen LogP contribution is -2.44. The molecule has 2 rings (SSSR count). The minimum absolute atomic E-state index is 0.296. The second-order valence-corrected chi connectivity index (χ2v) is 4.28. The lowest BCUT2D eigenvalue weighted by Gasteiger charge is -2.27.